The summed E-state index contributed by atoms with van der Waals surface area (Å²) in [6, 6.07) is 1.15. The van der Waals surface area contributed by atoms with Crippen LogP contribution in [0, 0.1) is 15.9 Å². The number of nitro groups is 1. The molecule has 0 N–H and O–H groups in total. The van der Waals surface area contributed by atoms with E-state index in [9.17, 15) is 19.3 Å². The third-order valence-corrected chi connectivity index (χ3v) is 2.52. The van der Waals surface area contributed by atoms with Crippen molar-refractivity contribution >= 4 is 22.4 Å². The number of benzene rings is 1. The summed E-state index contributed by atoms with van der Waals surface area (Å²) in [6.07, 6.45) is 1.24. The van der Waals surface area contributed by atoms with Crippen molar-refractivity contribution in [2.45, 2.75) is 6.92 Å². The molecule has 1 aromatic carbocycles. The van der Waals surface area contributed by atoms with Crippen molar-refractivity contribution in [3.05, 3.63) is 33.8 Å². The average molecular weight is 237 g/mol. The zero-order valence-electron chi connectivity index (χ0n) is 9.10. The van der Waals surface area contributed by atoms with Gasteiger partial charge in [-0.25, -0.2) is 4.39 Å². The highest BCUT2D eigenvalue weighted by molar-refractivity contribution is 6.02. The molecule has 0 spiro atoms. The van der Waals surface area contributed by atoms with E-state index in [2.05, 4.69) is 5.10 Å². The molecule has 0 saturated carbocycles. The molecule has 0 aliphatic carbocycles. The Bertz CT molecular complexity index is 648. The molecule has 0 saturated heterocycles. The number of aromatic nitrogens is 2. The van der Waals surface area contributed by atoms with Crippen molar-refractivity contribution in [1.29, 1.82) is 0 Å². The highest BCUT2D eigenvalue weighted by Gasteiger charge is 2.26. The van der Waals surface area contributed by atoms with Crippen molar-refractivity contribution in [3.8, 4) is 0 Å². The molecule has 7 heteroatoms. The Morgan fingerprint density at radius 3 is 2.76 bits per heavy atom. The average Bonchev–Trinajstić information content (AvgIpc) is 2.60. The smallest absolute Gasteiger partial charge is 0.285 e. The fraction of sp³-hybridized carbons (Fsp3) is 0.200. The number of aryl methyl sites for hydroxylation is 1. The number of carbonyl (C=O) groups excluding carboxylic acids is 1. The topological polar surface area (TPSA) is 78.0 Å². The molecule has 1 heterocycles. The van der Waals surface area contributed by atoms with Gasteiger partial charge in [0.15, 0.2) is 11.6 Å². The Hall–Kier alpha value is -2.31. The third kappa shape index (κ3) is 1.55. The van der Waals surface area contributed by atoms with Gasteiger partial charge in [0, 0.05) is 13.1 Å². The number of nitro benzene ring substituents is 1. The number of carbonyl (C=O) groups is 1. The van der Waals surface area contributed by atoms with E-state index in [-0.39, 0.29) is 10.9 Å². The van der Waals surface area contributed by atoms with Gasteiger partial charge < -0.3 is 0 Å². The molecule has 2 rings (SSSR count). The number of ketones is 1. The standard InChI is InChI=1S/C10H8FN3O3/c1-5(15)9-8(14(16)17)3-7-6(10(9)11)4-12-13(7)2/h3-4H,1-2H3. The van der Waals surface area contributed by atoms with Gasteiger partial charge in [0.1, 0.15) is 5.56 Å². The van der Waals surface area contributed by atoms with Gasteiger partial charge in [-0.05, 0) is 6.92 Å². The largest absolute Gasteiger partial charge is 0.294 e. The van der Waals surface area contributed by atoms with Crippen molar-refractivity contribution in [2.24, 2.45) is 7.05 Å². The lowest BCUT2D eigenvalue weighted by atomic mass is 10.1. The molecule has 0 aliphatic rings. The Morgan fingerprint density at radius 2 is 2.24 bits per heavy atom. The lowest BCUT2D eigenvalue weighted by molar-refractivity contribution is -0.385. The van der Waals surface area contributed by atoms with Crippen LogP contribution in [0.2, 0.25) is 0 Å². The molecule has 0 radical (unpaired) electrons. The van der Waals surface area contributed by atoms with Gasteiger partial charge >= 0.3 is 0 Å². The first-order valence-corrected chi connectivity index (χ1v) is 4.73. The van der Waals surface area contributed by atoms with Crippen LogP contribution in [0.5, 0.6) is 0 Å². The fourth-order valence-electron chi connectivity index (χ4n) is 1.71. The molecular formula is C10H8FN3O3. The van der Waals surface area contributed by atoms with Gasteiger partial charge in [-0.2, -0.15) is 5.10 Å². The third-order valence-electron chi connectivity index (χ3n) is 2.52. The first kappa shape index (κ1) is 11.2. The van der Waals surface area contributed by atoms with Crippen molar-refractivity contribution in [1.82, 2.24) is 9.78 Å². The van der Waals surface area contributed by atoms with E-state index < -0.39 is 27.8 Å². The Kier molecular flexibility index (Phi) is 2.38. The van der Waals surface area contributed by atoms with Gasteiger partial charge in [-0.3, -0.25) is 19.6 Å². The highest BCUT2D eigenvalue weighted by Crippen LogP contribution is 2.29. The molecule has 17 heavy (non-hydrogen) atoms. The summed E-state index contributed by atoms with van der Waals surface area (Å²) < 4.78 is 15.3. The quantitative estimate of drug-likeness (QED) is 0.453. The van der Waals surface area contributed by atoms with Gasteiger partial charge in [0.25, 0.3) is 5.69 Å². The minimum atomic E-state index is -0.894. The molecule has 0 atom stereocenters. The van der Waals surface area contributed by atoms with E-state index in [0.717, 1.165) is 13.0 Å². The molecule has 0 unspecified atom stereocenters. The number of halogens is 1. The molecular weight excluding hydrogens is 229 g/mol. The lowest BCUT2D eigenvalue weighted by Gasteiger charge is -2.02. The predicted octanol–water partition coefficient (Wildman–Crippen LogP) is 1.82. The summed E-state index contributed by atoms with van der Waals surface area (Å²) in [5.41, 5.74) is -0.763. The van der Waals surface area contributed by atoms with Crippen LogP contribution in [0.3, 0.4) is 0 Å². The number of hydrogen-bond acceptors (Lipinski definition) is 4. The van der Waals surface area contributed by atoms with E-state index in [1.807, 2.05) is 0 Å². The van der Waals surface area contributed by atoms with Crippen molar-refractivity contribution in [3.63, 3.8) is 0 Å². The van der Waals surface area contributed by atoms with Gasteiger partial charge in [-0.15, -0.1) is 0 Å². The summed E-state index contributed by atoms with van der Waals surface area (Å²) in [5, 5.41) is 14.7. The molecule has 0 fully saturated rings. The first-order valence-electron chi connectivity index (χ1n) is 4.73. The number of Topliss-reactive ketones (excluding diaryl/α,β-unsaturated/α-hetero) is 1. The minimum absolute atomic E-state index is 0.100. The van der Waals surface area contributed by atoms with Gasteiger partial charge in [-0.1, -0.05) is 0 Å². The van der Waals surface area contributed by atoms with E-state index >= 15 is 0 Å². The van der Waals surface area contributed by atoms with E-state index in [1.165, 1.54) is 10.9 Å². The maximum Gasteiger partial charge on any atom is 0.285 e. The van der Waals surface area contributed by atoms with Crippen LogP contribution in [0.25, 0.3) is 10.9 Å². The number of fused-ring (bicyclic) bond motifs is 1. The number of hydrogen-bond donors (Lipinski definition) is 0. The molecule has 2 aromatic rings. The first-order chi connectivity index (χ1) is 7.93. The molecule has 1 aromatic heterocycles. The van der Waals surface area contributed by atoms with Gasteiger partial charge in [0.05, 0.1) is 22.0 Å². The normalized spacial score (nSPS) is 10.8. The molecule has 6 nitrogen and oxygen atoms in total. The summed E-state index contributed by atoms with van der Waals surface area (Å²) in [6.45, 7) is 1.09. The maximum atomic E-state index is 14.0. The molecule has 0 bridgehead atoms. The Morgan fingerprint density at radius 1 is 1.59 bits per heavy atom. The minimum Gasteiger partial charge on any atom is -0.294 e. The summed E-state index contributed by atoms with van der Waals surface area (Å²) in [4.78, 5) is 21.3. The second-order valence-corrected chi connectivity index (χ2v) is 3.60. The molecule has 0 aliphatic heterocycles. The van der Waals surface area contributed by atoms with E-state index in [4.69, 9.17) is 0 Å². The van der Waals surface area contributed by atoms with Crippen LogP contribution in [0.4, 0.5) is 10.1 Å². The summed E-state index contributed by atoms with van der Waals surface area (Å²) in [5.74, 6) is -1.57. The van der Waals surface area contributed by atoms with Crippen molar-refractivity contribution in [2.75, 3.05) is 0 Å². The maximum absolute atomic E-state index is 14.0. The van der Waals surface area contributed by atoms with Crippen LogP contribution in [0.15, 0.2) is 12.3 Å². The van der Waals surface area contributed by atoms with Crippen LogP contribution in [-0.4, -0.2) is 20.5 Å². The van der Waals surface area contributed by atoms with E-state index in [0.29, 0.717) is 0 Å². The highest BCUT2D eigenvalue weighted by atomic mass is 19.1. The second kappa shape index (κ2) is 3.62. The zero-order chi connectivity index (χ0) is 12.7. The SMILES string of the molecule is CC(=O)c1c([N+](=O)[O-])cc2c(cnn2C)c1F. The van der Waals surface area contributed by atoms with Crippen molar-refractivity contribution < 1.29 is 14.1 Å². The second-order valence-electron chi connectivity index (χ2n) is 3.60. The number of rotatable bonds is 2. The number of nitrogens with zero attached hydrogens (tertiary/aromatic N) is 3. The van der Waals surface area contributed by atoms with Crippen LogP contribution >= 0.6 is 0 Å². The predicted molar refractivity (Wildman–Crippen MR) is 57.3 cm³/mol. The molecule has 0 amide bonds. The fourth-order valence-corrected chi connectivity index (χ4v) is 1.71. The van der Waals surface area contributed by atoms with Crippen LogP contribution in [0.1, 0.15) is 17.3 Å². The van der Waals surface area contributed by atoms with Crippen LogP contribution in [-0.2, 0) is 7.05 Å². The zero-order valence-corrected chi connectivity index (χ0v) is 9.10. The van der Waals surface area contributed by atoms with E-state index in [1.54, 1.807) is 7.05 Å². The summed E-state index contributed by atoms with van der Waals surface area (Å²) in [7, 11) is 1.54. The lowest BCUT2D eigenvalue weighted by Crippen LogP contribution is -2.04. The Labute approximate surface area is 94.8 Å². The summed E-state index contributed by atoms with van der Waals surface area (Å²) >= 11 is 0. The molecule has 88 valence electrons. The Balaban J connectivity index is 2.95. The van der Waals surface area contributed by atoms with Crippen LogP contribution < -0.4 is 0 Å². The monoisotopic (exact) mass is 237 g/mol. The van der Waals surface area contributed by atoms with Gasteiger partial charge in [0.2, 0.25) is 0 Å².